The smallest absolute Gasteiger partial charge is 0.140 e. The maximum Gasteiger partial charge on any atom is 0.140 e. The van der Waals surface area contributed by atoms with E-state index in [0.717, 1.165) is 18.0 Å². The number of hydrogen-bond donors (Lipinski definition) is 1. The van der Waals surface area contributed by atoms with Crippen LogP contribution in [0.5, 0.6) is 5.75 Å². The normalized spacial score (nSPS) is 10.2. The van der Waals surface area contributed by atoms with Gasteiger partial charge in [-0.1, -0.05) is 0 Å². The van der Waals surface area contributed by atoms with Gasteiger partial charge in [-0.15, -0.1) is 0 Å². The molecule has 0 aliphatic heterocycles. The Morgan fingerprint density at radius 3 is 2.85 bits per heavy atom. The second kappa shape index (κ2) is 4.70. The lowest BCUT2D eigenvalue weighted by molar-refractivity contribution is 0.241. The third-order valence-electron chi connectivity index (χ3n) is 1.47. The monoisotopic (exact) mass is 180 g/mol. The van der Waals surface area contributed by atoms with E-state index in [1.165, 1.54) is 0 Å². The molecule has 72 valence electrons. The van der Waals surface area contributed by atoms with Crippen molar-refractivity contribution in [3.05, 3.63) is 18.5 Å². The molecule has 0 amide bonds. The zero-order chi connectivity index (χ0) is 9.68. The van der Waals surface area contributed by atoms with Crippen LogP contribution in [-0.4, -0.2) is 17.6 Å². The Morgan fingerprint density at radius 2 is 2.23 bits per heavy atom. The van der Waals surface area contributed by atoms with Gasteiger partial charge in [0.25, 0.3) is 0 Å². The molecule has 1 heterocycles. The number of rotatable bonds is 4. The fourth-order valence-electron chi connectivity index (χ4n) is 1.06. The summed E-state index contributed by atoms with van der Waals surface area (Å²) in [6.07, 6.45) is 3.70. The third kappa shape index (κ3) is 3.32. The van der Waals surface area contributed by atoms with Crippen LogP contribution in [-0.2, 0) is 0 Å². The molecule has 0 atom stereocenters. The average molecular weight is 180 g/mol. The maximum atomic E-state index is 5.50. The SMILES string of the molecule is CCNc1cncc(OC(C)C)c1. The van der Waals surface area contributed by atoms with Crippen LogP contribution in [0.4, 0.5) is 5.69 Å². The molecule has 3 nitrogen and oxygen atoms in total. The highest BCUT2D eigenvalue weighted by Crippen LogP contribution is 2.15. The Balaban J connectivity index is 2.67. The van der Waals surface area contributed by atoms with E-state index in [4.69, 9.17) is 4.74 Å². The molecule has 1 N–H and O–H groups in total. The minimum atomic E-state index is 0.193. The van der Waals surface area contributed by atoms with Crippen molar-refractivity contribution in [2.45, 2.75) is 26.9 Å². The zero-order valence-electron chi connectivity index (χ0n) is 8.37. The van der Waals surface area contributed by atoms with Gasteiger partial charge in [0, 0.05) is 12.6 Å². The van der Waals surface area contributed by atoms with Gasteiger partial charge in [-0.3, -0.25) is 4.98 Å². The average Bonchev–Trinajstić information content (AvgIpc) is 2.04. The number of nitrogens with one attached hydrogen (secondary N) is 1. The van der Waals surface area contributed by atoms with E-state index in [-0.39, 0.29) is 6.10 Å². The minimum Gasteiger partial charge on any atom is -0.489 e. The number of nitrogens with zero attached hydrogens (tertiary/aromatic N) is 1. The molecule has 1 aromatic heterocycles. The summed E-state index contributed by atoms with van der Waals surface area (Å²) >= 11 is 0. The van der Waals surface area contributed by atoms with Gasteiger partial charge < -0.3 is 10.1 Å². The lowest BCUT2D eigenvalue weighted by Gasteiger charge is -2.10. The molecule has 1 aromatic rings. The topological polar surface area (TPSA) is 34.2 Å². The minimum absolute atomic E-state index is 0.193. The van der Waals surface area contributed by atoms with Crippen molar-refractivity contribution >= 4 is 5.69 Å². The molecule has 0 radical (unpaired) electrons. The van der Waals surface area contributed by atoms with Gasteiger partial charge >= 0.3 is 0 Å². The van der Waals surface area contributed by atoms with Crippen LogP contribution in [0.25, 0.3) is 0 Å². The van der Waals surface area contributed by atoms with E-state index in [1.54, 1.807) is 12.4 Å². The maximum absolute atomic E-state index is 5.50. The predicted octanol–water partition coefficient (Wildman–Crippen LogP) is 2.30. The van der Waals surface area contributed by atoms with Crippen LogP contribution >= 0.6 is 0 Å². The fourth-order valence-corrected chi connectivity index (χ4v) is 1.06. The fraction of sp³-hybridized carbons (Fsp3) is 0.500. The highest BCUT2D eigenvalue weighted by atomic mass is 16.5. The van der Waals surface area contributed by atoms with Gasteiger partial charge in [-0.25, -0.2) is 0 Å². The van der Waals surface area contributed by atoms with Crippen molar-refractivity contribution in [2.75, 3.05) is 11.9 Å². The molecule has 0 spiro atoms. The summed E-state index contributed by atoms with van der Waals surface area (Å²) in [4.78, 5) is 4.07. The van der Waals surface area contributed by atoms with E-state index in [0.29, 0.717) is 0 Å². The van der Waals surface area contributed by atoms with Crippen LogP contribution in [0.3, 0.4) is 0 Å². The Labute approximate surface area is 79.1 Å². The molecule has 0 fully saturated rings. The molecule has 0 saturated heterocycles. The molecule has 0 unspecified atom stereocenters. The van der Waals surface area contributed by atoms with Gasteiger partial charge in [0.05, 0.1) is 24.2 Å². The van der Waals surface area contributed by atoms with E-state index in [1.807, 2.05) is 19.9 Å². The summed E-state index contributed by atoms with van der Waals surface area (Å²) < 4.78 is 5.50. The third-order valence-corrected chi connectivity index (χ3v) is 1.47. The van der Waals surface area contributed by atoms with Crippen LogP contribution in [0, 0.1) is 0 Å². The number of aromatic nitrogens is 1. The molecule has 0 aliphatic rings. The van der Waals surface area contributed by atoms with Crippen LogP contribution in [0.2, 0.25) is 0 Å². The molecule has 0 aromatic carbocycles. The summed E-state index contributed by atoms with van der Waals surface area (Å²) in [5.41, 5.74) is 1.00. The van der Waals surface area contributed by atoms with Crippen molar-refractivity contribution in [2.24, 2.45) is 0 Å². The Bertz CT molecular complexity index is 261. The molecule has 0 bridgehead atoms. The lowest BCUT2D eigenvalue weighted by atomic mass is 10.4. The van der Waals surface area contributed by atoms with Gasteiger partial charge in [0.2, 0.25) is 0 Å². The number of anilines is 1. The standard InChI is InChI=1S/C10H16N2O/c1-4-12-9-5-10(7-11-6-9)13-8(2)3/h5-8,12H,4H2,1-3H3. The molecule has 13 heavy (non-hydrogen) atoms. The molecule has 3 heteroatoms. The number of pyridine rings is 1. The molecular weight excluding hydrogens is 164 g/mol. The summed E-state index contributed by atoms with van der Waals surface area (Å²) in [6, 6.07) is 1.95. The van der Waals surface area contributed by atoms with Crippen LogP contribution in [0.1, 0.15) is 20.8 Å². The van der Waals surface area contributed by atoms with E-state index >= 15 is 0 Å². The molecule has 1 rings (SSSR count). The first-order valence-electron chi connectivity index (χ1n) is 4.58. The van der Waals surface area contributed by atoms with Gasteiger partial charge in [-0.2, -0.15) is 0 Å². The van der Waals surface area contributed by atoms with E-state index < -0.39 is 0 Å². The van der Waals surface area contributed by atoms with Crippen molar-refractivity contribution in [3.63, 3.8) is 0 Å². The van der Waals surface area contributed by atoms with Gasteiger partial charge in [-0.05, 0) is 20.8 Å². The summed E-state index contributed by atoms with van der Waals surface area (Å²) in [5.74, 6) is 0.813. The molecule has 0 saturated carbocycles. The number of hydrogen-bond acceptors (Lipinski definition) is 3. The second-order valence-corrected chi connectivity index (χ2v) is 3.11. The van der Waals surface area contributed by atoms with E-state index in [9.17, 15) is 0 Å². The Kier molecular flexibility index (Phi) is 3.55. The predicted molar refractivity (Wildman–Crippen MR) is 54.2 cm³/mol. The van der Waals surface area contributed by atoms with Crippen LogP contribution in [0.15, 0.2) is 18.5 Å². The lowest BCUT2D eigenvalue weighted by Crippen LogP contribution is -2.06. The largest absolute Gasteiger partial charge is 0.489 e. The van der Waals surface area contributed by atoms with Crippen molar-refractivity contribution < 1.29 is 4.74 Å². The molecular formula is C10H16N2O. The van der Waals surface area contributed by atoms with Crippen molar-refractivity contribution in [3.8, 4) is 5.75 Å². The van der Waals surface area contributed by atoms with E-state index in [2.05, 4.69) is 17.2 Å². The first-order valence-corrected chi connectivity index (χ1v) is 4.58. The highest BCUT2D eigenvalue weighted by Gasteiger charge is 1.98. The Morgan fingerprint density at radius 1 is 1.46 bits per heavy atom. The van der Waals surface area contributed by atoms with Crippen molar-refractivity contribution in [1.29, 1.82) is 0 Å². The summed E-state index contributed by atoms with van der Waals surface area (Å²) in [5, 5.41) is 3.18. The van der Waals surface area contributed by atoms with Gasteiger partial charge in [0.1, 0.15) is 5.75 Å². The first-order chi connectivity index (χ1) is 6.22. The molecule has 0 aliphatic carbocycles. The van der Waals surface area contributed by atoms with Gasteiger partial charge in [0.15, 0.2) is 0 Å². The Hall–Kier alpha value is -1.25. The van der Waals surface area contributed by atoms with Crippen molar-refractivity contribution in [1.82, 2.24) is 4.98 Å². The zero-order valence-corrected chi connectivity index (χ0v) is 8.37. The quantitative estimate of drug-likeness (QED) is 0.772. The highest BCUT2D eigenvalue weighted by molar-refractivity contribution is 5.44. The summed E-state index contributed by atoms with van der Waals surface area (Å²) in [6.45, 7) is 6.95. The summed E-state index contributed by atoms with van der Waals surface area (Å²) in [7, 11) is 0. The second-order valence-electron chi connectivity index (χ2n) is 3.11. The van der Waals surface area contributed by atoms with Crippen LogP contribution < -0.4 is 10.1 Å². The first kappa shape index (κ1) is 9.84. The number of ether oxygens (including phenoxy) is 1.